The Labute approximate surface area is 149 Å². The van der Waals surface area contributed by atoms with Crippen LogP contribution in [0.1, 0.15) is 18.0 Å². The van der Waals surface area contributed by atoms with Crippen LogP contribution in [-0.2, 0) is 6.54 Å². The molecule has 3 heterocycles. The van der Waals surface area contributed by atoms with Gasteiger partial charge in [0, 0.05) is 29.7 Å². The molecule has 6 nitrogen and oxygen atoms in total. The average molecular weight is 377 g/mol. The van der Waals surface area contributed by atoms with Gasteiger partial charge in [0.05, 0.1) is 12.2 Å². The van der Waals surface area contributed by atoms with Gasteiger partial charge in [0.15, 0.2) is 11.6 Å². The van der Waals surface area contributed by atoms with Gasteiger partial charge >= 0.3 is 6.43 Å². The predicted octanol–water partition coefficient (Wildman–Crippen LogP) is 4.21. The zero-order chi connectivity index (χ0) is 19.0. The van der Waals surface area contributed by atoms with E-state index in [0.29, 0.717) is 22.6 Å². The smallest absolute Gasteiger partial charge is 0.314 e. The molecule has 0 aliphatic carbocycles. The number of fused-ring (bicyclic) bond motifs is 1. The van der Waals surface area contributed by atoms with E-state index in [1.165, 1.54) is 6.07 Å². The SMILES string of the molecule is Fc1ccc(NCc2cn3ccc(-c4nnc(C(F)F)o4)cc3n2)cc1F. The summed E-state index contributed by atoms with van der Waals surface area (Å²) in [5.74, 6) is -2.64. The van der Waals surface area contributed by atoms with E-state index in [-0.39, 0.29) is 12.4 Å². The van der Waals surface area contributed by atoms with Crippen molar-refractivity contribution >= 4 is 11.3 Å². The molecule has 0 amide bonds. The van der Waals surface area contributed by atoms with Gasteiger partial charge in [0.25, 0.3) is 5.89 Å². The van der Waals surface area contributed by atoms with E-state index in [1.807, 2.05) is 0 Å². The Balaban J connectivity index is 1.54. The monoisotopic (exact) mass is 377 g/mol. The highest BCUT2D eigenvalue weighted by Gasteiger charge is 2.17. The Kier molecular flexibility index (Phi) is 4.22. The van der Waals surface area contributed by atoms with Crippen molar-refractivity contribution in [1.82, 2.24) is 19.6 Å². The number of nitrogens with one attached hydrogen (secondary N) is 1. The normalized spacial score (nSPS) is 11.4. The molecule has 1 aromatic carbocycles. The van der Waals surface area contributed by atoms with Crippen molar-refractivity contribution in [3.63, 3.8) is 0 Å². The third-order valence-electron chi connectivity index (χ3n) is 3.78. The van der Waals surface area contributed by atoms with Crippen LogP contribution in [0.25, 0.3) is 17.1 Å². The highest BCUT2D eigenvalue weighted by atomic mass is 19.3. The summed E-state index contributed by atoms with van der Waals surface area (Å²) in [5, 5.41) is 9.84. The fourth-order valence-corrected chi connectivity index (χ4v) is 2.49. The zero-order valence-electron chi connectivity index (χ0n) is 13.5. The molecule has 0 saturated heterocycles. The topological polar surface area (TPSA) is 68.2 Å². The summed E-state index contributed by atoms with van der Waals surface area (Å²) < 4.78 is 57.9. The average Bonchev–Trinajstić information content (AvgIpc) is 3.28. The van der Waals surface area contributed by atoms with E-state index in [2.05, 4.69) is 20.5 Å². The second-order valence-electron chi connectivity index (χ2n) is 5.64. The van der Waals surface area contributed by atoms with Gasteiger partial charge in [-0.2, -0.15) is 8.78 Å². The van der Waals surface area contributed by atoms with Crippen LogP contribution in [0.4, 0.5) is 23.2 Å². The number of hydrogen-bond acceptors (Lipinski definition) is 5. The highest BCUT2D eigenvalue weighted by molar-refractivity contribution is 5.60. The van der Waals surface area contributed by atoms with Crippen molar-refractivity contribution in [2.75, 3.05) is 5.32 Å². The molecule has 0 bridgehead atoms. The summed E-state index contributed by atoms with van der Waals surface area (Å²) in [6, 6.07) is 6.75. The zero-order valence-corrected chi connectivity index (χ0v) is 13.5. The number of halogens is 4. The number of alkyl halides is 2. The minimum Gasteiger partial charge on any atom is -0.415 e. The number of aromatic nitrogens is 4. The minimum absolute atomic E-state index is 0.0303. The summed E-state index contributed by atoms with van der Waals surface area (Å²) in [4.78, 5) is 4.39. The highest BCUT2D eigenvalue weighted by Crippen LogP contribution is 2.24. The van der Waals surface area contributed by atoms with Crippen molar-refractivity contribution in [2.24, 2.45) is 0 Å². The van der Waals surface area contributed by atoms with E-state index >= 15 is 0 Å². The molecule has 4 rings (SSSR count). The maximum absolute atomic E-state index is 13.2. The Bertz CT molecular complexity index is 1110. The number of benzene rings is 1. The van der Waals surface area contributed by atoms with Crippen molar-refractivity contribution in [2.45, 2.75) is 13.0 Å². The lowest BCUT2D eigenvalue weighted by Crippen LogP contribution is -2.00. The largest absolute Gasteiger partial charge is 0.415 e. The van der Waals surface area contributed by atoms with E-state index in [9.17, 15) is 17.6 Å². The molecule has 27 heavy (non-hydrogen) atoms. The number of anilines is 1. The molecule has 138 valence electrons. The molecule has 4 aromatic rings. The first-order valence-corrected chi connectivity index (χ1v) is 7.78. The van der Waals surface area contributed by atoms with Crippen LogP contribution in [0, 0.1) is 11.6 Å². The lowest BCUT2D eigenvalue weighted by molar-refractivity contribution is 0.116. The molecule has 0 radical (unpaired) electrons. The lowest BCUT2D eigenvalue weighted by Gasteiger charge is -2.04. The molecule has 1 N–H and O–H groups in total. The number of imidazole rings is 1. The van der Waals surface area contributed by atoms with E-state index in [1.54, 1.807) is 28.9 Å². The van der Waals surface area contributed by atoms with Crippen LogP contribution in [0.15, 0.2) is 47.1 Å². The van der Waals surface area contributed by atoms with Gasteiger partial charge in [-0.15, -0.1) is 10.2 Å². The van der Waals surface area contributed by atoms with Gasteiger partial charge in [-0.25, -0.2) is 13.8 Å². The molecule has 0 fully saturated rings. The molecule has 0 spiro atoms. The lowest BCUT2D eigenvalue weighted by atomic mass is 10.2. The Morgan fingerprint density at radius 3 is 2.67 bits per heavy atom. The number of hydrogen-bond donors (Lipinski definition) is 1. The van der Waals surface area contributed by atoms with Crippen LogP contribution < -0.4 is 5.32 Å². The van der Waals surface area contributed by atoms with Gasteiger partial charge in [0.1, 0.15) is 5.65 Å². The Morgan fingerprint density at radius 2 is 1.93 bits per heavy atom. The number of rotatable bonds is 5. The summed E-state index contributed by atoms with van der Waals surface area (Å²) in [7, 11) is 0. The molecular formula is C17H11F4N5O. The van der Waals surface area contributed by atoms with Crippen molar-refractivity contribution < 1.29 is 22.0 Å². The summed E-state index contributed by atoms with van der Waals surface area (Å²) in [6.45, 7) is 0.276. The molecule has 10 heteroatoms. The molecule has 0 unspecified atom stereocenters. The quantitative estimate of drug-likeness (QED) is 0.528. The molecular weight excluding hydrogens is 366 g/mol. The Hall–Kier alpha value is -3.43. The molecule has 0 aliphatic rings. The second-order valence-corrected chi connectivity index (χ2v) is 5.64. The minimum atomic E-state index is -2.84. The second kappa shape index (κ2) is 6.71. The summed E-state index contributed by atoms with van der Waals surface area (Å²) in [6.07, 6.45) is 0.574. The third kappa shape index (κ3) is 3.46. The molecule has 0 aliphatic heterocycles. The summed E-state index contributed by atoms with van der Waals surface area (Å²) >= 11 is 0. The van der Waals surface area contributed by atoms with E-state index in [4.69, 9.17) is 4.42 Å². The van der Waals surface area contributed by atoms with E-state index in [0.717, 1.165) is 12.1 Å². The summed E-state index contributed by atoms with van der Waals surface area (Å²) in [5.41, 5.74) is 2.03. The van der Waals surface area contributed by atoms with Crippen LogP contribution in [0.3, 0.4) is 0 Å². The van der Waals surface area contributed by atoms with Crippen LogP contribution in [0.2, 0.25) is 0 Å². The van der Waals surface area contributed by atoms with Crippen LogP contribution >= 0.6 is 0 Å². The van der Waals surface area contributed by atoms with Crippen LogP contribution in [0.5, 0.6) is 0 Å². The van der Waals surface area contributed by atoms with Crippen molar-refractivity contribution in [3.8, 4) is 11.5 Å². The predicted molar refractivity (Wildman–Crippen MR) is 87.1 cm³/mol. The first-order chi connectivity index (χ1) is 13.0. The van der Waals surface area contributed by atoms with Gasteiger partial charge < -0.3 is 14.1 Å². The fraction of sp³-hybridized carbons (Fsp3) is 0.118. The van der Waals surface area contributed by atoms with Crippen molar-refractivity contribution in [1.29, 1.82) is 0 Å². The van der Waals surface area contributed by atoms with Gasteiger partial charge in [0.2, 0.25) is 5.89 Å². The Morgan fingerprint density at radius 1 is 1.07 bits per heavy atom. The third-order valence-corrected chi connectivity index (χ3v) is 3.78. The van der Waals surface area contributed by atoms with Gasteiger partial charge in [-0.1, -0.05) is 0 Å². The van der Waals surface area contributed by atoms with E-state index < -0.39 is 24.0 Å². The fourth-order valence-electron chi connectivity index (χ4n) is 2.49. The number of nitrogens with zero attached hydrogens (tertiary/aromatic N) is 4. The molecule has 0 saturated carbocycles. The maximum atomic E-state index is 13.2. The maximum Gasteiger partial charge on any atom is 0.314 e. The van der Waals surface area contributed by atoms with Crippen LogP contribution in [-0.4, -0.2) is 19.6 Å². The van der Waals surface area contributed by atoms with Gasteiger partial charge in [-0.05, 0) is 24.3 Å². The first kappa shape index (κ1) is 17.0. The standard InChI is InChI=1S/C17H11F4N5O/c18-12-2-1-10(6-13(12)19)22-7-11-8-26-4-3-9(5-14(26)23-11)16-24-25-17(27-16)15(20)21/h1-6,8,15,22H,7H2. The molecule has 0 atom stereocenters. The molecule has 3 aromatic heterocycles. The first-order valence-electron chi connectivity index (χ1n) is 7.78. The van der Waals surface area contributed by atoms with Crippen molar-refractivity contribution in [3.05, 3.63) is 65.9 Å². The number of pyridine rings is 1. The van der Waals surface area contributed by atoms with Gasteiger partial charge in [-0.3, -0.25) is 0 Å².